The van der Waals surface area contributed by atoms with E-state index in [0.717, 1.165) is 24.8 Å². The SMILES string of the molecule is C=CCn1c(=Cc2sc3ccccc3[n+]2C)sc(=C2Sc3ccc4ccccc4c3N2C)c1=O.Cc1ccc(S(=O)(=O)[O-])cc1. The molecule has 0 saturated heterocycles. The normalized spacial score (nSPS) is 14.5. The van der Waals surface area contributed by atoms with Crippen molar-refractivity contribution < 1.29 is 17.5 Å². The molecule has 2 aromatic heterocycles. The second kappa shape index (κ2) is 12.4. The second-order valence-corrected chi connectivity index (χ2v) is 15.0. The number of nitrogens with zero attached hydrogens (tertiary/aromatic N) is 3. The fraction of sp³-hybridized carbons (Fsp3) is 0.118. The standard InChI is InChI=1S/C27H22N3OS3.C7H8O3S/c1-4-15-30-23(16-22-28(2)19-11-7-8-12-20(19)32-22)34-25(26(30)31)27-29(3)24-18-10-6-5-9-17(18)13-14-21(24)33-27;1-6-2-4-7(5-3-6)11(8,9)10/h4-14,16H,1,15H2,2-3H3;2-5H,1H3,(H,8,9,10)/q+1;/p-1. The third-order valence-corrected chi connectivity index (χ3v) is 11.9. The van der Waals surface area contributed by atoms with Crippen LogP contribution in [0.4, 0.5) is 5.69 Å². The first-order valence-electron chi connectivity index (χ1n) is 14.0. The van der Waals surface area contributed by atoms with Gasteiger partial charge in [-0.05, 0) is 36.6 Å². The molecule has 45 heavy (non-hydrogen) atoms. The molecule has 228 valence electrons. The summed E-state index contributed by atoms with van der Waals surface area (Å²) >= 11 is 4.97. The van der Waals surface area contributed by atoms with Crippen molar-refractivity contribution in [3.05, 3.63) is 128 Å². The summed E-state index contributed by atoms with van der Waals surface area (Å²) in [4.78, 5) is 16.8. The van der Waals surface area contributed by atoms with Crippen LogP contribution in [0.25, 0.3) is 32.1 Å². The Kier molecular flexibility index (Phi) is 8.55. The average Bonchev–Trinajstić information content (AvgIpc) is 3.64. The number of fused-ring (bicyclic) bond motifs is 4. The van der Waals surface area contributed by atoms with Gasteiger partial charge in [0.15, 0.2) is 0 Å². The van der Waals surface area contributed by atoms with Crippen LogP contribution in [0.5, 0.6) is 0 Å². The van der Waals surface area contributed by atoms with Gasteiger partial charge >= 0.3 is 0 Å². The number of para-hydroxylation sites is 1. The van der Waals surface area contributed by atoms with Crippen molar-refractivity contribution >= 4 is 82.3 Å². The van der Waals surface area contributed by atoms with Crippen LogP contribution in [0.15, 0.2) is 112 Å². The summed E-state index contributed by atoms with van der Waals surface area (Å²) in [6, 6.07) is 26.9. The summed E-state index contributed by atoms with van der Waals surface area (Å²) < 4.78 is 38.1. The van der Waals surface area contributed by atoms with Crippen LogP contribution in [0.2, 0.25) is 0 Å². The van der Waals surface area contributed by atoms with Gasteiger partial charge in [-0.1, -0.05) is 89.3 Å². The van der Waals surface area contributed by atoms with E-state index in [1.165, 1.54) is 43.7 Å². The zero-order valence-electron chi connectivity index (χ0n) is 24.8. The van der Waals surface area contributed by atoms with Crippen molar-refractivity contribution in [1.29, 1.82) is 0 Å². The topological polar surface area (TPSA) is 86.3 Å². The van der Waals surface area contributed by atoms with Gasteiger partial charge in [0, 0.05) is 29.9 Å². The van der Waals surface area contributed by atoms with Crippen molar-refractivity contribution in [2.75, 3.05) is 11.9 Å². The maximum absolute atomic E-state index is 13.6. The monoisotopic (exact) mass is 671 g/mol. The maximum atomic E-state index is 13.6. The molecule has 1 aliphatic heterocycles. The zero-order chi connectivity index (χ0) is 31.9. The molecule has 0 unspecified atom stereocenters. The van der Waals surface area contributed by atoms with Crippen LogP contribution in [-0.2, 0) is 23.7 Å². The van der Waals surface area contributed by atoms with Gasteiger partial charge in [0.05, 0.1) is 16.7 Å². The smallest absolute Gasteiger partial charge is 0.272 e. The number of hydrogen-bond donors (Lipinski definition) is 0. The molecule has 1 aliphatic rings. The number of anilines is 1. The first-order valence-corrected chi connectivity index (χ1v) is 17.8. The highest BCUT2D eigenvalue weighted by Gasteiger charge is 2.27. The average molecular weight is 672 g/mol. The van der Waals surface area contributed by atoms with E-state index >= 15 is 0 Å². The first kappa shape index (κ1) is 31.0. The predicted molar refractivity (Wildman–Crippen MR) is 185 cm³/mol. The molecule has 7 nitrogen and oxygen atoms in total. The summed E-state index contributed by atoms with van der Waals surface area (Å²) in [7, 11) is -0.131. The number of thioether (sulfide) groups is 1. The van der Waals surface area contributed by atoms with Gasteiger partial charge in [0.2, 0.25) is 5.52 Å². The molecule has 11 heteroatoms. The van der Waals surface area contributed by atoms with Gasteiger partial charge in [-0.3, -0.25) is 9.36 Å². The zero-order valence-corrected chi connectivity index (χ0v) is 28.0. The minimum Gasteiger partial charge on any atom is -0.744 e. The van der Waals surface area contributed by atoms with E-state index in [1.54, 1.807) is 52.6 Å². The van der Waals surface area contributed by atoms with E-state index in [1.807, 2.05) is 11.5 Å². The summed E-state index contributed by atoms with van der Waals surface area (Å²) in [5, 5.41) is 4.51. The molecule has 0 N–H and O–H groups in total. The first-order chi connectivity index (χ1) is 21.6. The van der Waals surface area contributed by atoms with Crippen molar-refractivity contribution in [3.63, 3.8) is 0 Å². The van der Waals surface area contributed by atoms with E-state index in [2.05, 4.69) is 96.9 Å². The number of allylic oxidation sites excluding steroid dienone is 1. The molecule has 0 spiro atoms. The second-order valence-electron chi connectivity index (χ2n) is 10.5. The van der Waals surface area contributed by atoms with E-state index in [4.69, 9.17) is 0 Å². The minimum atomic E-state index is -4.27. The van der Waals surface area contributed by atoms with Gasteiger partial charge in [0.1, 0.15) is 36.1 Å². The van der Waals surface area contributed by atoms with Crippen molar-refractivity contribution in [2.45, 2.75) is 23.3 Å². The number of benzene rings is 4. The van der Waals surface area contributed by atoms with Gasteiger partial charge in [0.25, 0.3) is 10.6 Å². The van der Waals surface area contributed by atoms with E-state index < -0.39 is 10.1 Å². The third kappa shape index (κ3) is 6.01. The summed E-state index contributed by atoms with van der Waals surface area (Å²) in [6.45, 7) is 6.19. The largest absolute Gasteiger partial charge is 0.744 e. The Bertz CT molecular complexity index is 2390. The van der Waals surface area contributed by atoms with Crippen LogP contribution in [0.3, 0.4) is 0 Å². The highest BCUT2D eigenvalue weighted by atomic mass is 32.2. The highest BCUT2D eigenvalue weighted by Crippen LogP contribution is 2.48. The van der Waals surface area contributed by atoms with Gasteiger partial charge < -0.3 is 9.45 Å². The molecule has 0 fully saturated rings. The molecular weight excluding hydrogens is 643 g/mol. The Morgan fingerprint density at radius 3 is 2.38 bits per heavy atom. The molecule has 7 rings (SSSR count). The predicted octanol–water partition coefficient (Wildman–Crippen LogP) is 5.32. The van der Waals surface area contributed by atoms with E-state index in [0.29, 0.717) is 6.54 Å². The Morgan fingerprint density at radius 2 is 1.67 bits per heavy atom. The Labute approximate surface area is 273 Å². The van der Waals surface area contributed by atoms with Crippen LogP contribution in [0, 0.1) is 6.92 Å². The fourth-order valence-corrected chi connectivity index (χ4v) is 9.21. The Balaban J connectivity index is 0.000000276. The molecule has 0 radical (unpaired) electrons. The quantitative estimate of drug-likeness (QED) is 0.143. The van der Waals surface area contributed by atoms with Gasteiger partial charge in [-0.2, -0.15) is 4.57 Å². The number of hydrogen-bond acceptors (Lipinski definition) is 8. The van der Waals surface area contributed by atoms with Crippen molar-refractivity contribution in [3.8, 4) is 0 Å². The summed E-state index contributed by atoms with van der Waals surface area (Å²) in [5.74, 6) is 0. The molecule has 3 heterocycles. The van der Waals surface area contributed by atoms with E-state index in [-0.39, 0.29) is 10.5 Å². The Morgan fingerprint density at radius 1 is 0.956 bits per heavy atom. The van der Waals surface area contributed by atoms with Gasteiger partial charge in [-0.15, -0.1) is 17.9 Å². The third-order valence-electron chi connectivity index (χ3n) is 7.46. The lowest BCUT2D eigenvalue weighted by Gasteiger charge is -2.15. The summed E-state index contributed by atoms with van der Waals surface area (Å²) in [5.41, 5.74) is 3.32. The molecular formula is C34H29N3O4S4. The lowest BCUT2D eigenvalue weighted by atomic mass is 10.1. The minimum absolute atomic E-state index is 0.0337. The number of thiazole rings is 2. The van der Waals surface area contributed by atoms with Crippen LogP contribution < -0.4 is 24.2 Å². The van der Waals surface area contributed by atoms with Crippen LogP contribution >= 0.6 is 34.4 Å². The lowest BCUT2D eigenvalue weighted by molar-refractivity contribution is -0.642. The van der Waals surface area contributed by atoms with Crippen LogP contribution in [0.1, 0.15) is 10.6 Å². The molecule has 6 aromatic rings. The molecule has 4 aromatic carbocycles. The van der Waals surface area contributed by atoms with E-state index in [9.17, 15) is 17.8 Å². The lowest BCUT2D eigenvalue weighted by Crippen LogP contribution is -2.34. The van der Waals surface area contributed by atoms with Crippen molar-refractivity contribution in [2.24, 2.45) is 7.05 Å². The number of aromatic nitrogens is 2. The highest BCUT2D eigenvalue weighted by molar-refractivity contribution is 8.08. The molecule has 0 bridgehead atoms. The molecule has 0 saturated carbocycles. The Hall–Kier alpha value is -4.00. The molecule has 0 amide bonds. The number of rotatable bonds is 4. The van der Waals surface area contributed by atoms with Gasteiger partial charge in [-0.25, -0.2) is 8.42 Å². The van der Waals surface area contributed by atoms with Crippen molar-refractivity contribution in [1.82, 2.24) is 4.57 Å². The molecule has 0 aliphatic carbocycles. The number of aryl methyl sites for hydroxylation is 2. The fourth-order valence-electron chi connectivity index (χ4n) is 5.16. The molecule has 0 atom stereocenters. The summed E-state index contributed by atoms with van der Waals surface area (Å²) in [6.07, 6.45) is 3.92. The maximum Gasteiger partial charge on any atom is 0.272 e. The van der Waals surface area contributed by atoms with Crippen LogP contribution in [-0.4, -0.2) is 24.6 Å².